The van der Waals surface area contributed by atoms with Crippen molar-refractivity contribution < 1.29 is 0 Å². The summed E-state index contributed by atoms with van der Waals surface area (Å²) in [5.41, 5.74) is 2.30. The summed E-state index contributed by atoms with van der Waals surface area (Å²) in [5, 5.41) is 5.66. The molecular formula is C13H17N3S. The van der Waals surface area contributed by atoms with Gasteiger partial charge < -0.3 is 5.32 Å². The van der Waals surface area contributed by atoms with Gasteiger partial charge >= 0.3 is 0 Å². The highest BCUT2D eigenvalue weighted by Crippen LogP contribution is 2.26. The number of nitrogens with zero attached hydrogens (tertiary/aromatic N) is 2. The average Bonchev–Trinajstić information content (AvgIpc) is 2.78. The number of hydrogen-bond donors (Lipinski definition) is 1. The SMILES string of the molecule is CCCNC(c1cnccn1)c1ccsc1C. The first-order valence-electron chi connectivity index (χ1n) is 5.86. The molecule has 0 fully saturated rings. The van der Waals surface area contributed by atoms with E-state index in [2.05, 4.69) is 40.6 Å². The van der Waals surface area contributed by atoms with Gasteiger partial charge in [0.05, 0.1) is 17.9 Å². The summed E-state index contributed by atoms with van der Waals surface area (Å²) in [4.78, 5) is 9.90. The monoisotopic (exact) mass is 247 g/mol. The molecule has 3 nitrogen and oxygen atoms in total. The summed E-state index contributed by atoms with van der Waals surface area (Å²) < 4.78 is 0. The van der Waals surface area contributed by atoms with Crippen molar-refractivity contribution in [3.63, 3.8) is 0 Å². The molecule has 0 aromatic carbocycles. The van der Waals surface area contributed by atoms with Crippen LogP contribution in [0.15, 0.2) is 30.0 Å². The number of aryl methyl sites for hydroxylation is 1. The van der Waals surface area contributed by atoms with E-state index in [1.54, 1.807) is 23.7 Å². The maximum absolute atomic E-state index is 4.41. The van der Waals surface area contributed by atoms with Gasteiger partial charge in [0.15, 0.2) is 0 Å². The summed E-state index contributed by atoms with van der Waals surface area (Å²) in [6, 6.07) is 2.33. The van der Waals surface area contributed by atoms with Gasteiger partial charge in [0.1, 0.15) is 0 Å². The maximum Gasteiger partial charge on any atom is 0.0801 e. The van der Waals surface area contributed by atoms with E-state index in [-0.39, 0.29) is 6.04 Å². The van der Waals surface area contributed by atoms with Crippen LogP contribution in [0.1, 0.15) is 35.5 Å². The molecule has 2 rings (SSSR count). The number of hydrogen-bond acceptors (Lipinski definition) is 4. The summed E-state index contributed by atoms with van der Waals surface area (Å²) >= 11 is 1.77. The normalized spacial score (nSPS) is 12.6. The van der Waals surface area contributed by atoms with E-state index in [0.29, 0.717) is 0 Å². The van der Waals surface area contributed by atoms with Gasteiger partial charge in [-0.1, -0.05) is 6.92 Å². The molecule has 0 amide bonds. The third-order valence-corrected chi connectivity index (χ3v) is 3.55. The third-order valence-electron chi connectivity index (χ3n) is 2.69. The highest BCUT2D eigenvalue weighted by molar-refractivity contribution is 7.10. The Morgan fingerprint density at radius 2 is 2.29 bits per heavy atom. The molecule has 0 saturated heterocycles. The lowest BCUT2D eigenvalue weighted by atomic mass is 10.1. The van der Waals surface area contributed by atoms with Crippen molar-refractivity contribution in [1.29, 1.82) is 0 Å². The smallest absolute Gasteiger partial charge is 0.0801 e. The topological polar surface area (TPSA) is 37.8 Å². The molecule has 0 aliphatic carbocycles. The Bertz CT molecular complexity index is 453. The number of nitrogens with one attached hydrogen (secondary N) is 1. The lowest BCUT2D eigenvalue weighted by Gasteiger charge is -2.17. The van der Waals surface area contributed by atoms with Crippen LogP contribution < -0.4 is 5.32 Å². The minimum absolute atomic E-state index is 0.162. The Morgan fingerprint density at radius 1 is 1.41 bits per heavy atom. The van der Waals surface area contributed by atoms with Gasteiger partial charge in [-0.3, -0.25) is 9.97 Å². The number of aromatic nitrogens is 2. The van der Waals surface area contributed by atoms with Gasteiger partial charge in [-0.05, 0) is 36.9 Å². The van der Waals surface area contributed by atoms with Crippen LogP contribution in [0.4, 0.5) is 0 Å². The molecule has 0 aliphatic rings. The molecule has 1 N–H and O–H groups in total. The van der Waals surface area contributed by atoms with Crippen molar-refractivity contribution in [3.05, 3.63) is 46.2 Å². The average molecular weight is 247 g/mol. The highest BCUT2D eigenvalue weighted by atomic mass is 32.1. The fraction of sp³-hybridized carbons (Fsp3) is 0.385. The summed E-state index contributed by atoms with van der Waals surface area (Å²) in [7, 11) is 0. The Balaban J connectivity index is 2.29. The molecule has 0 radical (unpaired) electrons. The van der Waals surface area contributed by atoms with Gasteiger partial charge in [0.2, 0.25) is 0 Å². The first kappa shape index (κ1) is 12.2. The molecule has 2 heterocycles. The minimum atomic E-state index is 0.162. The second kappa shape index (κ2) is 5.89. The van der Waals surface area contributed by atoms with Crippen LogP contribution in [0, 0.1) is 6.92 Å². The van der Waals surface area contributed by atoms with E-state index in [1.165, 1.54) is 10.4 Å². The van der Waals surface area contributed by atoms with Crippen molar-refractivity contribution in [2.45, 2.75) is 26.3 Å². The molecule has 0 saturated carbocycles. The van der Waals surface area contributed by atoms with E-state index in [4.69, 9.17) is 0 Å². The van der Waals surface area contributed by atoms with E-state index in [1.807, 2.05) is 6.20 Å². The van der Waals surface area contributed by atoms with Crippen molar-refractivity contribution >= 4 is 11.3 Å². The molecule has 0 spiro atoms. The molecule has 2 aromatic heterocycles. The zero-order chi connectivity index (χ0) is 12.1. The molecule has 0 bridgehead atoms. The van der Waals surface area contributed by atoms with Crippen LogP contribution in [0.2, 0.25) is 0 Å². The van der Waals surface area contributed by atoms with Crippen LogP contribution in [0.25, 0.3) is 0 Å². The van der Waals surface area contributed by atoms with Crippen LogP contribution in [-0.4, -0.2) is 16.5 Å². The fourth-order valence-corrected chi connectivity index (χ4v) is 2.56. The van der Waals surface area contributed by atoms with E-state index < -0.39 is 0 Å². The Morgan fingerprint density at radius 3 is 2.88 bits per heavy atom. The quantitative estimate of drug-likeness (QED) is 0.882. The predicted molar refractivity (Wildman–Crippen MR) is 71.2 cm³/mol. The first-order chi connectivity index (χ1) is 8.33. The van der Waals surface area contributed by atoms with Crippen molar-refractivity contribution in [2.24, 2.45) is 0 Å². The number of thiophene rings is 1. The van der Waals surface area contributed by atoms with Crippen LogP contribution in [0.3, 0.4) is 0 Å². The Labute approximate surface area is 106 Å². The lowest BCUT2D eigenvalue weighted by Crippen LogP contribution is -2.24. The predicted octanol–water partition coefficient (Wildman–Crippen LogP) is 2.94. The second-order valence-electron chi connectivity index (χ2n) is 3.95. The van der Waals surface area contributed by atoms with Gasteiger partial charge in [0.25, 0.3) is 0 Å². The van der Waals surface area contributed by atoms with E-state index in [9.17, 15) is 0 Å². The Hall–Kier alpha value is -1.26. The molecule has 4 heteroatoms. The minimum Gasteiger partial charge on any atom is -0.305 e. The molecule has 2 aromatic rings. The van der Waals surface area contributed by atoms with Crippen LogP contribution in [0.5, 0.6) is 0 Å². The van der Waals surface area contributed by atoms with Crippen molar-refractivity contribution in [3.8, 4) is 0 Å². The van der Waals surface area contributed by atoms with Crippen LogP contribution in [-0.2, 0) is 0 Å². The van der Waals surface area contributed by atoms with Crippen molar-refractivity contribution in [1.82, 2.24) is 15.3 Å². The highest BCUT2D eigenvalue weighted by Gasteiger charge is 2.17. The Kier molecular flexibility index (Phi) is 4.23. The standard InChI is InChI=1S/C13H17N3S/c1-3-5-16-13(11-4-8-17-10(11)2)12-9-14-6-7-15-12/h4,6-9,13,16H,3,5H2,1-2H3. The third kappa shape index (κ3) is 2.90. The zero-order valence-electron chi connectivity index (χ0n) is 10.2. The van der Waals surface area contributed by atoms with Crippen LogP contribution >= 0.6 is 11.3 Å². The van der Waals surface area contributed by atoms with Gasteiger partial charge in [-0.15, -0.1) is 11.3 Å². The van der Waals surface area contributed by atoms with Gasteiger partial charge in [-0.2, -0.15) is 0 Å². The number of rotatable bonds is 5. The summed E-state index contributed by atoms with van der Waals surface area (Å²) in [6.07, 6.45) is 6.41. The largest absolute Gasteiger partial charge is 0.305 e. The molecular weight excluding hydrogens is 230 g/mol. The molecule has 0 aliphatic heterocycles. The molecule has 1 atom stereocenters. The van der Waals surface area contributed by atoms with Crippen molar-refractivity contribution in [2.75, 3.05) is 6.54 Å². The maximum atomic E-state index is 4.41. The van der Waals surface area contributed by atoms with Gasteiger partial charge in [-0.25, -0.2) is 0 Å². The second-order valence-corrected chi connectivity index (χ2v) is 5.07. The molecule has 90 valence electrons. The summed E-state index contributed by atoms with van der Waals surface area (Å²) in [6.45, 7) is 5.30. The fourth-order valence-electron chi connectivity index (χ4n) is 1.82. The first-order valence-corrected chi connectivity index (χ1v) is 6.74. The summed E-state index contributed by atoms with van der Waals surface area (Å²) in [5.74, 6) is 0. The molecule has 17 heavy (non-hydrogen) atoms. The lowest BCUT2D eigenvalue weighted by molar-refractivity contribution is 0.584. The van der Waals surface area contributed by atoms with Gasteiger partial charge in [0, 0.05) is 17.3 Å². The van der Waals surface area contributed by atoms with E-state index >= 15 is 0 Å². The van der Waals surface area contributed by atoms with E-state index in [0.717, 1.165) is 18.7 Å². The zero-order valence-corrected chi connectivity index (χ0v) is 11.0. The molecule has 1 unspecified atom stereocenters.